The van der Waals surface area contributed by atoms with Gasteiger partial charge in [0, 0.05) is 25.7 Å². The van der Waals surface area contributed by atoms with Crippen LogP contribution in [0, 0.1) is 6.92 Å². The third-order valence-electron chi connectivity index (χ3n) is 3.38. The van der Waals surface area contributed by atoms with Crippen molar-refractivity contribution in [1.29, 1.82) is 0 Å². The van der Waals surface area contributed by atoms with Gasteiger partial charge in [0.1, 0.15) is 5.82 Å². The molecule has 1 atom stereocenters. The Kier molecular flexibility index (Phi) is 4.21. The molecule has 1 aliphatic heterocycles. The molecule has 0 aromatic carbocycles. The summed E-state index contributed by atoms with van der Waals surface area (Å²) in [5, 5.41) is 17.1. The van der Waals surface area contributed by atoms with Crippen LogP contribution in [-0.4, -0.2) is 54.3 Å². The molecule has 1 saturated heterocycles. The molecule has 102 valence electrons. The number of aromatic nitrogens is 2. The molecule has 0 spiro atoms. The van der Waals surface area contributed by atoms with E-state index in [0.717, 1.165) is 24.6 Å². The molecule has 0 saturated carbocycles. The average molecular weight is 254 g/mol. The second-order valence-corrected chi connectivity index (χ2v) is 4.65. The normalized spacial score (nSPS) is 20.4. The van der Waals surface area contributed by atoms with Crippen molar-refractivity contribution in [1.82, 2.24) is 15.1 Å². The van der Waals surface area contributed by atoms with Gasteiger partial charge in [0.05, 0.1) is 31.6 Å². The summed E-state index contributed by atoms with van der Waals surface area (Å²) in [6.45, 7) is 4.96. The van der Waals surface area contributed by atoms with Crippen molar-refractivity contribution >= 4 is 5.82 Å². The zero-order valence-electron chi connectivity index (χ0n) is 11.3. The van der Waals surface area contributed by atoms with Crippen molar-refractivity contribution in [2.75, 3.05) is 38.3 Å². The molecule has 0 aliphatic carbocycles. The molecule has 0 amide bonds. The van der Waals surface area contributed by atoms with Crippen LogP contribution in [0.3, 0.4) is 0 Å². The summed E-state index contributed by atoms with van der Waals surface area (Å²) < 4.78 is 7.32. The lowest BCUT2D eigenvalue weighted by atomic mass is 10.1. The summed E-state index contributed by atoms with van der Waals surface area (Å²) in [4.78, 5) is 2.20. The van der Waals surface area contributed by atoms with Gasteiger partial charge in [-0.3, -0.25) is 4.68 Å². The molecule has 1 aromatic rings. The molecule has 18 heavy (non-hydrogen) atoms. The molecule has 0 radical (unpaired) electrons. The predicted octanol–water partition coefficient (Wildman–Crippen LogP) is -0.355. The van der Waals surface area contributed by atoms with Crippen LogP contribution in [0.5, 0.6) is 0 Å². The highest BCUT2D eigenvalue weighted by Crippen LogP contribution is 2.26. The Hall–Kier alpha value is -1.11. The predicted molar refractivity (Wildman–Crippen MR) is 69.7 cm³/mol. The molecule has 1 fully saturated rings. The number of hydrogen-bond acceptors (Lipinski definition) is 5. The largest absolute Gasteiger partial charge is 0.394 e. The van der Waals surface area contributed by atoms with Crippen LogP contribution in [0.1, 0.15) is 11.3 Å². The Balaban J connectivity index is 2.35. The smallest absolute Gasteiger partial charge is 0.131 e. The maximum Gasteiger partial charge on any atom is 0.131 e. The van der Waals surface area contributed by atoms with Crippen LogP contribution in [0.15, 0.2) is 0 Å². The highest BCUT2D eigenvalue weighted by atomic mass is 16.5. The molecule has 0 bridgehead atoms. The first-order chi connectivity index (χ1) is 8.69. The van der Waals surface area contributed by atoms with Crippen molar-refractivity contribution in [3.63, 3.8) is 0 Å². The molecule has 2 rings (SSSR count). The van der Waals surface area contributed by atoms with Crippen LogP contribution in [0.2, 0.25) is 0 Å². The van der Waals surface area contributed by atoms with Gasteiger partial charge < -0.3 is 20.1 Å². The van der Waals surface area contributed by atoms with E-state index in [-0.39, 0.29) is 12.6 Å². The van der Waals surface area contributed by atoms with Gasteiger partial charge >= 0.3 is 0 Å². The van der Waals surface area contributed by atoms with Gasteiger partial charge in [0.15, 0.2) is 0 Å². The SMILES string of the molecule is CNCc1c(C)nn(C)c1N1CCOCC1CO. The lowest BCUT2D eigenvalue weighted by Crippen LogP contribution is -2.48. The van der Waals surface area contributed by atoms with E-state index >= 15 is 0 Å². The maximum absolute atomic E-state index is 9.47. The Labute approximate surface area is 108 Å². The first kappa shape index (κ1) is 13.3. The fourth-order valence-corrected chi connectivity index (χ4v) is 2.52. The number of morpholine rings is 1. The summed E-state index contributed by atoms with van der Waals surface area (Å²) in [7, 11) is 3.88. The van der Waals surface area contributed by atoms with Crippen LogP contribution < -0.4 is 10.2 Å². The monoisotopic (exact) mass is 254 g/mol. The van der Waals surface area contributed by atoms with Gasteiger partial charge in [-0.25, -0.2) is 0 Å². The van der Waals surface area contributed by atoms with E-state index in [1.54, 1.807) is 0 Å². The van der Waals surface area contributed by atoms with Gasteiger partial charge in [-0.1, -0.05) is 0 Å². The van der Waals surface area contributed by atoms with Crippen molar-refractivity contribution in [3.05, 3.63) is 11.3 Å². The number of aryl methyl sites for hydroxylation is 2. The van der Waals surface area contributed by atoms with Crippen molar-refractivity contribution in [3.8, 4) is 0 Å². The molecular weight excluding hydrogens is 232 g/mol. The van der Waals surface area contributed by atoms with Gasteiger partial charge in [-0.05, 0) is 14.0 Å². The van der Waals surface area contributed by atoms with Crippen LogP contribution in [0.25, 0.3) is 0 Å². The van der Waals surface area contributed by atoms with Gasteiger partial charge in [-0.15, -0.1) is 0 Å². The Morgan fingerprint density at radius 3 is 3.00 bits per heavy atom. The topological polar surface area (TPSA) is 62.6 Å². The molecule has 2 N–H and O–H groups in total. The quantitative estimate of drug-likeness (QED) is 0.769. The lowest BCUT2D eigenvalue weighted by Gasteiger charge is -2.36. The summed E-state index contributed by atoms with van der Waals surface area (Å²) in [6.07, 6.45) is 0. The third kappa shape index (κ3) is 2.36. The van der Waals surface area contributed by atoms with E-state index in [9.17, 15) is 5.11 Å². The standard InChI is InChI=1S/C12H22N4O2/c1-9-11(6-13-2)12(15(3)14-9)16-4-5-18-8-10(16)7-17/h10,13,17H,4-8H2,1-3H3. The maximum atomic E-state index is 9.47. The molecule has 1 unspecified atom stereocenters. The minimum Gasteiger partial charge on any atom is -0.394 e. The van der Waals surface area contributed by atoms with Crippen molar-refractivity contribution in [2.24, 2.45) is 7.05 Å². The zero-order chi connectivity index (χ0) is 13.1. The van der Waals surface area contributed by atoms with E-state index in [1.165, 1.54) is 5.56 Å². The number of rotatable bonds is 4. The average Bonchev–Trinajstić information content (AvgIpc) is 2.65. The minimum atomic E-state index is 0.0177. The van der Waals surface area contributed by atoms with Gasteiger partial charge in [-0.2, -0.15) is 5.10 Å². The second kappa shape index (κ2) is 5.69. The Morgan fingerprint density at radius 1 is 1.56 bits per heavy atom. The van der Waals surface area contributed by atoms with E-state index in [0.29, 0.717) is 13.2 Å². The molecule has 2 heterocycles. The van der Waals surface area contributed by atoms with Gasteiger partial charge in [0.2, 0.25) is 0 Å². The van der Waals surface area contributed by atoms with Crippen LogP contribution >= 0.6 is 0 Å². The van der Waals surface area contributed by atoms with E-state index in [4.69, 9.17) is 4.74 Å². The summed E-state index contributed by atoms with van der Waals surface area (Å²) >= 11 is 0. The molecule has 6 heteroatoms. The summed E-state index contributed by atoms with van der Waals surface area (Å²) in [5.74, 6) is 1.09. The van der Waals surface area contributed by atoms with Gasteiger partial charge in [0.25, 0.3) is 0 Å². The minimum absolute atomic E-state index is 0.0177. The molecule has 6 nitrogen and oxygen atoms in total. The number of anilines is 1. The highest BCUT2D eigenvalue weighted by Gasteiger charge is 2.27. The summed E-state index contributed by atoms with van der Waals surface area (Å²) in [6, 6.07) is 0.0177. The van der Waals surface area contributed by atoms with Crippen molar-refractivity contribution in [2.45, 2.75) is 19.5 Å². The Morgan fingerprint density at radius 2 is 2.33 bits per heavy atom. The van der Waals surface area contributed by atoms with E-state index < -0.39 is 0 Å². The number of nitrogens with zero attached hydrogens (tertiary/aromatic N) is 3. The molecule has 1 aromatic heterocycles. The second-order valence-electron chi connectivity index (χ2n) is 4.65. The van der Waals surface area contributed by atoms with E-state index in [2.05, 4.69) is 15.3 Å². The first-order valence-electron chi connectivity index (χ1n) is 6.31. The third-order valence-corrected chi connectivity index (χ3v) is 3.38. The number of nitrogens with one attached hydrogen (secondary N) is 1. The highest BCUT2D eigenvalue weighted by molar-refractivity contribution is 5.51. The zero-order valence-corrected chi connectivity index (χ0v) is 11.3. The summed E-state index contributed by atoms with van der Waals surface area (Å²) in [5.41, 5.74) is 2.23. The number of aliphatic hydroxyl groups is 1. The van der Waals surface area contributed by atoms with E-state index in [1.807, 2.05) is 25.7 Å². The number of aliphatic hydroxyl groups excluding tert-OH is 1. The van der Waals surface area contributed by atoms with Crippen LogP contribution in [-0.2, 0) is 18.3 Å². The molecule has 1 aliphatic rings. The Bertz CT molecular complexity index is 405. The molecular formula is C12H22N4O2. The first-order valence-corrected chi connectivity index (χ1v) is 6.31. The fourth-order valence-electron chi connectivity index (χ4n) is 2.52. The lowest BCUT2D eigenvalue weighted by molar-refractivity contribution is 0.0718. The fraction of sp³-hybridized carbons (Fsp3) is 0.750. The van der Waals surface area contributed by atoms with Crippen molar-refractivity contribution < 1.29 is 9.84 Å². The van der Waals surface area contributed by atoms with Crippen LogP contribution in [0.4, 0.5) is 5.82 Å². The number of hydrogen-bond donors (Lipinski definition) is 2. The number of ether oxygens (including phenoxy) is 1.